The lowest BCUT2D eigenvalue weighted by Crippen LogP contribution is -2.19. The largest absolute Gasteiger partial charge is 0.332 e. The first-order chi connectivity index (χ1) is 8.97. The molecule has 1 heterocycles. The Balaban J connectivity index is 2.07. The van der Waals surface area contributed by atoms with Crippen molar-refractivity contribution in [1.29, 1.82) is 0 Å². The smallest absolute Gasteiger partial charge is 0.175 e. The molecule has 0 aliphatic rings. The lowest BCUT2D eigenvalue weighted by molar-refractivity contribution is 0.731. The molecule has 0 bridgehead atoms. The van der Waals surface area contributed by atoms with Crippen molar-refractivity contribution in [2.24, 2.45) is 7.05 Å². The third kappa shape index (κ3) is 3.12. The van der Waals surface area contributed by atoms with Gasteiger partial charge >= 0.3 is 0 Å². The van der Waals surface area contributed by atoms with Crippen molar-refractivity contribution < 1.29 is 0 Å². The molecule has 4 nitrogen and oxygen atoms in total. The molecule has 0 unspecified atom stereocenters. The van der Waals surface area contributed by atoms with Crippen LogP contribution < -0.4 is 10.6 Å². The molecule has 19 heavy (non-hydrogen) atoms. The second kappa shape index (κ2) is 5.40. The summed E-state index contributed by atoms with van der Waals surface area (Å²) in [7, 11) is 1.92. The molecule has 0 aliphatic heterocycles. The van der Waals surface area contributed by atoms with Crippen LogP contribution in [0, 0.1) is 20.8 Å². The summed E-state index contributed by atoms with van der Waals surface area (Å²) >= 11 is 5.32. The molecular weight excluding hydrogens is 256 g/mol. The van der Waals surface area contributed by atoms with E-state index >= 15 is 0 Å². The fourth-order valence-corrected chi connectivity index (χ4v) is 2.09. The monoisotopic (exact) mass is 274 g/mol. The molecule has 5 heteroatoms. The van der Waals surface area contributed by atoms with Crippen LogP contribution in [0.4, 0.5) is 11.4 Å². The first-order valence-corrected chi connectivity index (χ1v) is 6.53. The van der Waals surface area contributed by atoms with Gasteiger partial charge < -0.3 is 10.6 Å². The zero-order chi connectivity index (χ0) is 14.0. The number of thiocarbonyl (C=S) groups is 1. The first kappa shape index (κ1) is 13.5. The number of hydrogen-bond acceptors (Lipinski definition) is 2. The average molecular weight is 274 g/mol. The highest BCUT2D eigenvalue weighted by molar-refractivity contribution is 7.80. The van der Waals surface area contributed by atoms with Crippen LogP contribution in [0.1, 0.15) is 17.0 Å². The van der Waals surface area contributed by atoms with E-state index in [2.05, 4.69) is 22.7 Å². The third-order valence-corrected chi connectivity index (χ3v) is 3.26. The van der Waals surface area contributed by atoms with E-state index in [0.717, 1.165) is 22.8 Å². The van der Waals surface area contributed by atoms with E-state index in [-0.39, 0.29) is 0 Å². The Labute approximate surface area is 118 Å². The zero-order valence-corrected chi connectivity index (χ0v) is 12.4. The molecule has 0 atom stereocenters. The quantitative estimate of drug-likeness (QED) is 0.826. The predicted octanol–water partition coefficient (Wildman–Crippen LogP) is 3.15. The minimum absolute atomic E-state index is 0.572. The molecule has 100 valence electrons. The number of benzene rings is 1. The van der Waals surface area contributed by atoms with Crippen LogP contribution >= 0.6 is 12.2 Å². The Morgan fingerprint density at radius 1 is 1.11 bits per heavy atom. The van der Waals surface area contributed by atoms with Gasteiger partial charge in [0.15, 0.2) is 5.11 Å². The van der Waals surface area contributed by atoms with E-state index in [1.807, 2.05) is 49.8 Å². The molecule has 0 saturated heterocycles. The Morgan fingerprint density at radius 3 is 2.26 bits per heavy atom. The first-order valence-electron chi connectivity index (χ1n) is 6.12. The summed E-state index contributed by atoms with van der Waals surface area (Å²) in [6, 6.07) is 8.11. The van der Waals surface area contributed by atoms with Crippen LogP contribution in [0.3, 0.4) is 0 Å². The molecule has 2 N–H and O–H groups in total. The molecule has 2 rings (SSSR count). The molecule has 1 aromatic heterocycles. The van der Waals surface area contributed by atoms with Crippen LogP contribution in [0.15, 0.2) is 24.3 Å². The summed E-state index contributed by atoms with van der Waals surface area (Å²) in [6.07, 6.45) is 0. The van der Waals surface area contributed by atoms with E-state index < -0.39 is 0 Å². The maximum Gasteiger partial charge on any atom is 0.175 e. The van der Waals surface area contributed by atoms with Crippen molar-refractivity contribution in [3.63, 3.8) is 0 Å². The fourth-order valence-electron chi connectivity index (χ4n) is 1.87. The number of aryl methyl sites for hydroxylation is 3. The highest BCUT2D eigenvalue weighted by atomic mass is 32.1. The molecule has 0 amide bonds. The molecule has 1 aromatic carbocycles. The van der Waals surface area contributed by atoms with Gasteiger partial charge in [0, 0.05) is 12.7 Å². The van der Waals surface area contributed by atoms with Crippen LogP contribution in [0.25, 0.3) is 0 Å². The minimum Gasteiger partial charge on any atom is -0.332 e. The zero-order valence-electron chi connectivity index (χ0n) is 11.6. The van der Waals surface area contributed by atoms with Crippen molar-refractivity contribution in [1.82, 2.24) is 9.78 Å². The maximum atomic E-state index is 5.32. The normalized spacial score (nSPS) is 10.3. The van der Waals surface area contributed by atoms with Gasteiger partial charge in [-0.3, -0.25) is 4.68 Å². The Hall–Kier alpha value is -1.88. The highest BCUT2D eigenvalue weighted by Gasteiger charge is 2.10. The maximum absolute atomic E-state index is 5.32. The highest BCUT2D eigenvalue weighted by Crippen LogP contribution is 2.18. The summed E-state index contributed by atoms with van der Waals surface area (Å²) < 4.78 is 1.84. The van der Waals surface area contributed by atoms with E-state index in [1.54, 1.807) is 0 Å². The molecule has 0 saturated carbocycles. The molecule has 0 fully saturated rings. The van der Waals surface area contributed by atoms with Gasteiger partial charge in [-0.25, -0.2) is 0 Å². The van der Waals surface area contributed by atoms with Crippen molar-refractivity contribution in [3.8, 4) is 0 Å². The van der Waals surface area contributed by atoms with E-state index in [0.29, 0.717) is 5.11 Å². The number of nitrogens with one attached hydrogen (secondary N) is 2. The third-order valence-electron chi connectivity index (χ3n) is 3.06. The number of hydrogen-bond donors (Lipinski definition) is 2. The average Bonchev–Trinajstić information content (AvgIpc) is 2.59. The lowest BCUT2D eigenvalue weighted by atomic mass is 10.2. The van der Waals surface area contributed by atoms with Gasteiger partial charge in [0.1, 0.15) is 0 Å². The lowest BCUT2D eigenvalue weighted by Gasteiger charge is -2.11. The second-order valence-corrected chi connectivity index (χ2v) is 5.02. The second-order valence-electron chi connectivity index (χ2n) is 4.61. The summed E-state index contributed by atoms with van der Waals surface area (Å²) in [5, 5.41) is 11.3. The van der Waals surface area contributed by atoms with Gasteiger partial charge in [-0.2, -0.15) is 5.10 Å². The molecule has 0 radical (unpaired) electrons. The molecule has 0 aliphatic carbocycles. The standard InChI is InChI=1S/C14H18N4S/c1-9-5-7-12(8-6-9)15-14(19)16-13-10(2)17-18(4)11(13)3/h5-8H,1-4H3,(H2,15,16,19). The van der Waals surface area contributed by atoms with Gasteiger partial charge in [-0.1, -0.05) is 17.7 Å². The van der Waals surface area contributed by atoms with Crippen molar-refractivity contribution in [3.05, 3.63) is 41.2 Å². The van der Waals surface area contributed by atoms with Gasteiger partial charge in [0.2, 0.25) is 0 Å². The molecular formula is C14H18N4S. The fraction of sp³-hybridized carbons (Fsp3) is 0.286. The van der Waals surface area contributed by atoms with E-state index in [4.69, 9.17) is 12.2 Å². The van der Waals surface area contributed by atoms with Gasteiger partial charge in [-0.05, 0) is 45.1 Å². The van der Waals surface area contributed by atoms with Crippen LogP contribution in [0.5, 0.6) is 0 Å². The van der Waals surface area contributed by atoms with Crippen LogP contribution in [-0.4, -0.2) is 14.9 Å². The molecule has 0 spiro atoms. The van der Waals surface area contributed by atoms with Gasteiger partial charge in [0.25, 0.3) is 0 Å². The van der Waals surface area contributed by atoms with E-state index in [1.165, 1.54) is 5.56 Å². The Kier molecular flexibility index (Phi) is 3.85. The minimum atomic E-state index is 0.572. The van der Waals surface area contributed by atoms with Crippen molar-refractivity contribution >= 4 is 28.7 Å². The summed E-state index contributed by atoms with van der Waals surface area (Å²) in [5.74, 6) is 0. The van der Waals surface area contributed by atoms with Gasteiger partial charge in [0.05, 0.1) is 17.1 Å². The molecule has 2 aromatic rings. The SMILES string of the molecule is Cc1ccc(NC(=S)Nc2c(C)nn(C)c2C)cc1. The topological polar surface area (TPSA) is 41.9 Å². The number of nitrogens with zero attached hydrogens (tertiary/aromatic N) is 2. The summed E-state index contributed by atoms with van der Waals surface area (Å²) in [4.78, 5) is 0. The van der Waals surface area contributed by atoms with Crippen LogP contribution in [0.2, 0.25) is 0 Å². The van der Waals surface area contributed by atoms with Crippen molar-refractivity contribution in [2.45, 2.75) is 20.8 Å². The van der Waals surface area contributed by atoms with Gasteiger partial charge in [-0.15, -0.1) is 0 Å². The number of aromatic nitrogens is 2. The number of anilines is 2. The van der Waals surface area contributed by atoms with E-state index in [9.17, 15) is 0 Å². The predicted molar refractivity (Wildman–Crippen MR) is 83.7 cm³/mol. The summed E-state index contributed by atoms with van der Waals surface area (Å²) in [6.45, 7) is 6.03. The Bertz CT molecular complexity index is 599. The summed E-state index contributed by atoms with van der Waals surface area (Å²) in [5.41, 5.74) is 5.16. The number of rotatable bonds is 2. The van der Waals surface area contributed by atoms with Crippen molar-refractivity contribution in [2.75, 3.05) is 10.6 Å². The van der Waals surface area contributed by atoms with Crippen LogP contribution in [-0.2, 0) is 7.05 Å². The Morgan fingerprint density at radius 2 is 1.74 bits per heavy atom.